The fourth-order valence-corrected chi connectivity index (χ4v) is 1.68. The van der Waals surface area contributed by atoms with Crippen molar-refractivity contribution in [3.8, 4) is 6.07 Å². The van der Waals surface area contributed by atoms with Gasteiger partial charge in [-0.15, -0.1) is 0 Å². The van der Waals surface area contributed by atoms with Gasteiger partial charge in [-0.2, -0.15) is 5.26 Å². The van der Waals surface area contributed by atoms with E-state index in [0.29, 0.717) is 19.6 Å². The summed E-state index contributed by atoms with van der Waals surface area (Å²) in [5.41, 5.74) is 5.19. The zero-order chi connectivity index (χ0) is 12.8. The molecule has 1 aliphatic heterocycles. The number of hydrogen-bond donors (Lipinski definition) is 2. The Hall–Kier alpha value is -1.61. The Labute approximate surface area is 100 Å². The van der Waals surface area contributed by atoms with E-state index in [0.717, 1.165) is 0 Å². The van der Waals surface area contributed by atoms with Crippen LogP contribution in [-0.4, -0.2) is 31.1 Å². The van der Waals surface area contributed by atoms with Gasteiger partial charge in [-0.05, 0) is 19.8 Å². The maximum absolute atomic E-state index is 11.7. The SMILES string of the molecule is C[C@H](C#N)C[C@@H](NC(=O)[C@@H]1CCOC1)C(N)=O. The van der Waals surface area contributed by atoms with Crippen molar-refractivity contribution < 1.29 is 14.3 Å². The third-order valence-electron chi connectivity index (χ3n) is 2.77. The van der Waals surface area contributed by atoms with Gasteiger partial charge in [0.2, 0.25) is 11.8 Å². The number of nitrogens with two attached hydrogens (primary N) is 1. The van der Waals surface area contributed by atoms with Crippen LogP contribution in [0.3, 0.4) is 0 Å². The molecule has 1 aliphatic rings. The second-order valence-electron chi connectivity index (χ2n) is 4.29. The van der Waals surface area contributed by atoms with Crippen LogP contribution < -0.4 is 11.1 Å². The van der Waals surface area contributed by atoms with Crippen LogP contribution in [0.15, 0.2) is 0 Å². The van der Waals surface area contributed by atoms with Gasteiger partial charge < -0.3 is 15.8 Å². The normalized spacial score (nSPS) is 22.5. The fourth-order valence-electron chi connectivity index (χ4n) is 1.68. The molecule has 1 heterocycles. The van der Waals surface area contributed by atoms with Gasteiger partial charge in [0, 0.05) is 12.5 Å². The largest absolute Gasteiger partial charge is 0.381 e. The molecule has 0 spiro atoms. The molecular weight excluding hydrogens is 222 g/mol. The van der Waals surface area contributed by atoms with Crippen molar-refractivity contribution >= 4 is 11.8 Å². The van der Waals surface area contributed by atoms with Gasteiger partial charge in [-0.1, -0.05) is 0 Å². The van der Waals surface area contributed by atoms with Crippen molar-refractivity contribution in [3.63, 3.8) is 0 Å². The molecule has 6 heteroatoms. The van der Waals surface area contributed by atoms with Crippen LogP contribution in [0.2, 0.25) is 0 Å². The van der Waals surface area contributed by atoms with Crippen LogP contribution in [0.25, 0.3) is 0 Å². The molecule has 0 aliphatic carbocycles. The number of ether oxygens (including phenoxy) is 1. The molecule has 1 rings (SSSR count). The van der Waals surface area contributed by atoms with Gasteiger partial charge in [0.1, 0.15) is 6.04 Å². The van der Waals surface area contributed by atoms with Gasteiger partial charge in [0.15, 0.2) is 0 Å². The summed E-state index contributed by atoms with van der Waals surface area (Å²) in [4.78, 5) is 22.9. The van der Waals surface area contributed by atoms with Crippen molar-refractivity contribution in [3.05, 3.63) is 0 Å². The number of carbonyl (C=O) groups is 2. The number of nitriles is 1. The predicted octanol–water partition coefficient (Wildman–Crippen LogP) is -0.457. The van der Waals surface area contributed by atoms with Crippen molar-refractivity contribution in [2.45, 2.75) is 25.8 Å². The summed E-state index contributed by atoms with van der Waals surface area (Å²) in [6, 6.07) is 1.23. The number of nitrogens with zero attached hydrogens (tertiary/aromatic N) is 1. The van der Waals surface area contributed by atoms with Crippen LogP contribution in [0.1, 0.15) is 19.8 Å². The molecular formula is C11H17N3O3. The van der Waals surface area contributed by atoms with Crippen LogP contribution >= 0.6 is 0 Å². The summed E-state index contributed by atoms with van der Waals surface area (Å²) < 4.78 is 5.09. The number of nitrogens with one attached hydrogen (secondary N) is 1. The van der Waals surface area contributed by atoms with E-state index in [1.54, 1.807) is 6.92 Å². The third-order valence-corrected chi connectivity index (χ3v) is 2.77. The first-order valence-corrected chi connectivity index (χ1v) is 5.61. The summed E-state index contributed by atoms with van der Waals surface area (Å²) in [5, 5.41) is 11.3. The molecule has 3 atom stereocenters. The van der Waals surface area contributed by atoms with Gasteiger partial charge in [-0.3, -0.25) is 9.59 Å². The van der Waals surface area contributed by atoms with E-state index in [4.69, 9.17) is 15.7 Å². The van der Waals surface area contributed by atoms with Crippen molar-refractivity contribution in [2.24, 2.45) is 17.6 Å². The molecule has 1 fully saturated rings. The van der Waals surface area contributed by atoms with E-state index in [1.807, 2.05) is 6.07 Å². The molecule has 0 bridgehead atoms. The van der Waals surface area contributed by atoms with Crippen LogP contribution in [0.4, 0.5) is 0 Å². The monoisotopic (exact) mass is 239 g/mol. The summed E-state index contributed by atoms with van der Waals surface area (Å²) in [7, 11) is 0. The lowest BCUT2D eigenvalue weighted by Gasteiger charge is -2.18. The highest BCUT2D eigenvalue weighted by atomic mass is 16.5. The van der Waals surface area contributed by atoms with Gasteiger partial charge in [0.05, 0.1) is 18.6 Å². The quantitative estimate of drug-likeness (QED) is 0.677. The average Bonchev–Trinajstić information content (AvgIpc) is 2.81. The first-order valence-electron chi connectivity index (χ1n) is 5.61. The highest BCUT2D eigenvalue weighted by molar-refractivity contribution is 5.87. The van der Waals surface area contributed by atoms with E-state index >= 15 is 0 Å². The lowest BCUT2D eigenvalue weighted by Crippen LogP contribution is -2.47. The minimum atomic E-state index is -0.780. The molecule has 6 nitrogen and oxygen atoms in total. The molecule has 0 saturated carbocycles. The molecule has 0 unspecified atom stereocenters. The molecule has 0 aromatic heterocycles. The maximum atomic E-state index is 11.7. The predicted molar refractivity (Wildman–Crippen MR) is 59.4 cm³/mol. The van der Waals surface area contributed by atoms with Crippen molar-refractivity contribution in [2.75, 3.05) is 13.2 Å². The molecule has 3 N–H and O–H groups in total. The highest BCUT2D eigenvalue weighted by Gasteiger charge is 2.27. The Kier molecular flexibility index (Phi) is 4.91. The number of amides is 2. The van der Waals surface area contributed by atoms with E-state index < -0.39 is 11.9 Å². The van der Waals surface area contributed by atoms with Gasteiger partial charge >= 0.3 is 0 Å². The average molecular weight is 239 g/mol. The topological polar surface area (TPSA) is 105 Å². The molecule has 1 saturated heterocycles. The number of rotatable bonds is 5. The van der Waals surface area contributed by atoms with Crippen LogP contribution in [-0.2, 0) is 14.3 Å². The molecule has 0 aromatic carbocycles. The van der Waals surface area contributed by atoms with Gasteiger partial charge in [0.25, 0.3) is 0 Å². The second-order valence-corrected chi connectivity index (χ2v) is 4.29. The third kappa shape index (κ3) is 4.04. The standard InChI is InChI=1S/C11H17N3O3/c1-7(5-12)4-9(10(13)15)14-11(16)8-2-3-17-6-8/h7-9H,2-4,6H2,1H3,(H2,13,15)(H,14,16)/t7-,8+,9+/m0/s1. The molecule has 0 aromatic rings. The first kappa shape index (κ1) is 13.5. The Morgan fingerprint density at radius 1 is 1.65 bits per heavy atom. The zero-order valence-electron chi connectivity index (χ0n) is 9.81. The number of carbonyl (C=O) groups excluding carboxylic acids is 2. The molecule has 0 radical (unpaired) electrons. The number of primary amides is 1. The zero-order valence-corrected chi connectivity index (χ0v) is 9.81. The van der Waals surface area contributed by atoms with E-state index in [1.165, 1.54) is 0 Å². The summed E-state index contributed by atoms with van der Waals surface area (Å²) >= 11 is 0. The Bertz CT molecular complexity index is 331. The van der Waals surface area contributed by atoms with Crippen molar-refractivity contribution in [1.82, 2.24) is 5.32 Å². The summed E-state index contributed by atoms with van der Waals surface area (Å²) in [6.45, 7) is 2.62. The molecule has 2 amide bonds. The van der Waals surface area contributed by atoms with Crippen LogP contribution in [0.5, 0.6) is 0 Å². The summed E-state index contributed by atoms with van der Waals surface area (Å²) in [5.74, 6) is -1.38. The van der Waals surface area contributed by atoms with Crippen LogP contribution in [0, 0.1) is 23.2 Å². The lowest BCUT2D eigenvalue weighted by atomic mass is 10.0. The Morgan fingerprint density at radius 3 is 2.82 bits per heavy atom. The Morgan fingerprint density at radius 2 is 2.35 bits per heavy atom. The van der Waals surface area contributed by atoms with E-state index in [2.05, 4.69) is 5.32 Å². The second kappa shape index (κ2) is 6.21. The minimum absolute atomic E-state index is 0.214. The van der Waals surface area contributed by atoms with E-state index in [9.17, 15) is 9.59 Å². The minimum Gasteiger partial charge on any atom is -0.381 e. The fraction of sp³-hybridized carbons (Fsp3) is 0.727. The van der Waals surface area contributed by atoms with Crippen molar-refractivity contribution in [1.29, 1.82) is 5.26 Å². The highest BCUT2D eigenvalue weighted by Crippen LogP contribution is 2.13. The molecule has 17 heavy (non-hydrogen) atoms. The summed E-state index contributed by atoms with van der Waals surface area (Å²) in [6.07, 6.45) is 0.899. The lowest BCUT2D eigenvalue weighted by molar-refractivity contribution is -0.130. The van der Waals surface area contributed by atoms with Gasteiger partial charge in [-0.25, -0.2) is 0 Å². The Balaban J connectivity index is 2.51. The molecule has 94 valence electrons. The smallest absolute Gasteiger partial charge is 0.240 e. The van der Waals surface area contributed by atoms with E-state index in [-0.39, 0.29) is 24.2 Å². The first-order chi connectivity index (χ1) is 8.04. The maximum Gasteiger partial charge on any atom is 0.240 e. The number of hydrogen-bond acceptors (Lipinski definition) is 4.